The minimum Gasteiger partial charge on any atom is -0.368 e. The molecule has 2 N–H and O–H groups in total. The minimum atomic E-state index is 0.343. The van der Waals surface area contributed by atoms with Gasteiger partial charge in [0.1, 0.15) is 5.82 Å². The van der Waals surface area contributed by atoms with Crippen LogP contribution in [0, 0.1) is 12.3 Å². The molecule has 1 aromatic carbocycles. The highest BCUT2D eigenvalue weighted by Crippen LogP contribution is 2.30. The fourth-order valence-corrected chi connectivity index (χ4v) is 3.22. The Bertz CT molecular complexity index is 633. The fraction of sp³-hybridized carbons (Fsp3) is 0.500. The third-order valence-corrected chi connectivity index (χ3v) is 4.72. The smallest absolute Gasteiger partial charge is 0.129 e. The van der Waals surface area contributed by atoms with Crippen molar-refractivity contribution in [3.05, 3.63) is 35.9 Å². The molecule has 1 unspecified atom stereocenters. The SMILES string of the molecule is Cc1cc2ccccc2nc1NCC1NCCCC1(C)C. The fourth-order valence-electron chi connectivity index (χ4n) is 3.22. The van der Waals surface area contributed by atoms with Crippen molar-refractivity contribution in [1.29, 1.82) is 0 Å². The second kappa shape index (κ2) is 5.64. The number of aryl methyl sites for hydroxylation is 1. The van der Waals surface area contributed by atoms with E-state index in [-0.39, 0.29) is 0 Å². The van der Waals surface area contributed by atoms with E-state index < -0.39 is 0 Å². The first-order chi connectivity index (χ1) is 10.1. The summed E-state index contributed by atoms with van der Waals surface area (Å²) in [4.78, 5) is 4.77. The van der Waals surface area contributed by atoms with Crippen LogP contribution in [0.3, 0.4) is 0 Å². The van der Waals surface area contributed by atoms with Crippen molar-refractivity contribution in [2.24, 2.45) is 5.41 Å². The molecule has 0 saturated carbocycles. The Balaban J connectivity index is 1.77. The van der Waals surface area contributed by atoms with Gasteiger partial charge in [0.25, 0.3) is 0 Å². The molecule has 3 nitrogen and oxygen atoms in total. The molecule has 0 amide bonds. The van der Waals surface area contributed by atoms with E-state index in [0.717, 1.165) is 24.4 Å². The van der Waals surface area contributed by atoms with Crippen molar-refractivity contribution in [3.8, 4) is 0 Å². The van der Waals surface area contributed by atoms with E-state index in [9.17, 15) is 0 Å². The number of benzene rings is 1. The number of nitrogens with zero attached hydrogens (tertiary/aromatic N) is 1. The van der Waals surface area contributed by atoms with Crippen LogP contribution < -0.4 is 10.6 Å². The number of aromatic nitrogens is 1. The van der Waals surface area contributed by atoms with E-state index in [1.54, 1.807) is 0 Å². The Kier molecular flexibility index (Phi) is 3.85. The Morgan fingerprint density at radius 2 is 2.14 bits per heavy atom. The molecule has 1 saturated heterocycles. The van der Waals surface area contributed by atoms with Gasteiger partial charge in [-0.15, -0.1) is 0 Å². The molecule has 1 atom stereocenters. The Morgan fingerprint density at radius 3 is 2.95 bits per heavy atom. The van der Waals surface area contributed by atoms with Gasteiger partial charge in [-0.05, 0) is 49.4 Å². The molecular weight excluding hydrogens is 258 g/mol. The minimum absolute atomic E-state index is 0.343. The number of nitrogens with one attached hydrogen (secondary N) is 2. The zero-order valence-corrected chi connectivity index (χ0v) is 13.2. The number of piperidine rings is 1. The summed E-state index contributed by atoms with van der Waals surface area (Å²) >= 11 is 0. The highest BCUT2D eigenvalue weighted by Gasteiger charge is 2.31. The van der Waals surface area contributed by atoms with E-state index in [0.29, 0.717) is 11.5 Å². The number of pyridine rings is 1. The van der Waals surface area contributed by atoms with Gasteiger partial charge in [-0.25, -0.2) is 4.98 Å². The lowest BCUT2D eigenvalue weighted by molar-refractivity contribution is 0.188. The molecule has 1 aromatic heterocycles. The van der Waals surface area contributed by atoms with E-state index in [2.05, 4.69) is 55.7 Å². The number of anilines is 1. The highest BCUT2D eigenvalue weighted by molar-refractivity contribution is 5.81. The maximum Gasteiger partial charge on any atom is 0.129 e. The van der Waals surface area contributed by atoms with Gasteiger partial charge in [-0.2, -0.15) is 0 Å². The van der Waals surface area contributed by atoms with E-state index >= 15 is 0 Å². The molecule has 0 aliphatic carbocycles. The molecule has 0 spiro atoms. The molecule has 0 radical (unpaired) electrons. The van der Waals surface area contributed by atoms with Crippen molar-refractivity contribution < 1.29 is 0 Å². The standard InChI is InChI=1S/C18H25N3/c1-13-11-14-7-4-5-8-15(14)21-17(13)20-12-16-18(2,3)9-6-10-19-16/h4-5,7-8,11,16,19H,6,9-10,12H2,1-3H3,(H,20,21). The van der Waals surface area contributed by atoms with Gasteiger partial charge in [0.15, 0.2) is 0 Å². The molecule has 0 bridgehead atoms. The van der Waals surface area contributed by atoms with Gasteiger partial charge in [-0.1, -0.05) is 32.0 Å². The van der Waals surface area contributed by atoms with Crippen LogP contribution in [0.25, 0.3) is 10.9 Å². The molecule has 1 fully saturated rings. The van der Waals surface area contributed by atoms with Crippen LogP contribution in [0.2, 0.25) is 0 Å². The Labute approximate surface area is 127 Å². The van der Waals surface area contributed by atoms with Crippen LogP contribution in [0.15, 0.2) is 30.3 Å². The number of fused-ring (bicyclic) bond motifs is 1. The van der Waals surface area contributed by atoms with Crippen molar-refractivity contribution >= 4 is 16.7 Å². The predicted octanol–water partition coefficient (Wildman–Crippen LogP) is 3.73. The van der Waals surface area contributed by atoms with Crippen molar-refractivity contribution in [1.82, 2.24) is 10.3 Å². The van der Waals surface area contributed by atoms with Crippen molar-refractivity contribution in [2.45, 2.75) is 39.7 Å². The van der Waals surface area contributed by atoms with Gasteiger partial charge in [0, 0.05) is 18.0 Å². The monoisotopic (exact) mass is 283 g/mol. The first-order valence-corrected chi connectivity index (χ1v) is 7.90. The zero-order chi connectivity index (χ0) is 14.9. The maximum atomic E-state index is 4.77. The Morgan fingerprint density at radius 1 is 1.33 bits per heavy atom. The lowest BCUT2D eigenvalue weighted by Gasteiger charge is -2.39. The lowest BCUT2D eigenvalue weighted by Crippen LogP contribution is -2.50. The van der Waals surface area contributed by atoms with Crippen molar-refractivity contribution in [3.63, 3.8) is 0 Å². The molecule has 3 rings (SSSR count). The van der Waals surface area contributed by atoms with Crippen LogP contribution in [0.1, 0.15) is 32.3 Å². The van der Waals surface area contributed by atoms with Crippen LogP contribution in [0.4, 0.5) is 5.82 Å². The molecule has 112 valence electrons. The highest BCUT2D eigenvalue weighted by atomic mass is 15.1. The van der Waals surface area contributed by atoms with E-state index in [1.807, 2.05) is 6.07 Å². The maximum absolute atomic E-state index is 4.77. The second-order valence-corrected chi connectivity index (χ2v) is 6.83. The predicted molar refractivity (Wildman–Crippen MR) is 89.8 cm³/mol. The summed E-state index contributed by atoms with van der Waals surface area (Å²) in [5.41, 5.74) is 2.61. The first-order valence-electron chi connectivity index (χ1n) is 7.90. The molecular formula is C18H25N3. The Hall–Kier alpha value is -1.61. The van der Waals surface area contributed by atoms with Gasteiger partial charge in [0.2, 0.25) is 0 Å². The third kappa shape index (κ3) is 3.03. The third-order valence-electron chi connectivity index (χ3n) is 4.72. The van der Waals surface area contributed by atoms with Gasteiger partial charge in [-0.3, -0.25) is 0 Å². The average Bonchev–Trinajstić information content (AvgIpc) is 2.46. The van der Waals surface area contributed by atoms with Crippen LogP contribution >= 0.6 is 0 Å². The summed E-state index contributed by atoms with van der Waals surface area (Å²) in [5, 5.41) is 8.41. The molecule has 3 heteroatoms. The molecule has 2 aromatic rings. The van der Waals surface area contributed by atoms with Gasteiger partial charge in [0.05, 0.1) is 5.52 Å². The largest absolute Gasteiger partial charge is 0.368 e. The van der Waals surface area contributed by atoms with Crippen LogP contribution in [0.5, 0.6) is 0 Å². The summed E-state index contributed by atoms with van der Waals surface area (Å²) in [6.45, 7) is 8.89. The normalized spacial score (nSPS) is 21.4. The molecule has 1 aliphatic heterocycles. The van der Waals surface area contributed by atoms with E-state index in [1.165, 1.54) is 23.8 Å². The van der Waals surface area contributed by atoms with E-state index in [4.69, 9.17) is 4.98 Å². The summed E-state index contributed by atoms with van der Waals surface area (Å²) in [6.07, 6.45) is 2.56. The number of rotatable bonds is 3. The number of hydrogen-bond acceptors (Lipinski definition) is 3. The van der Waals surface area contributed by atoms with Crippen molar-refractivity contribution in [2.75, 3.05) is 18.4 Å². The van der Waals surface area contributed by atoms with Crippen LogP contribution in [-0.2, 0) is 0 Å². The second-order valence-electron chi connectivity index (χ2n) is 6.83. The van der Waals surface area contributed by atoms with Gasteiger partial charge < -0.3 is 10.6 Å². The van der Waals surface area contributed by atoms with Gasteiger partial charge >= 0.3 is 0 Å². The summed E-state index contributed by atoms with van der Waals surface area (Å²) in [6, 6.07) is 11.0. The summed E-state index contributed by atoms with van der Waals surface area (Å²) < 4.78 is 0. The molecule has 21 heavy (non-hydrogen) atoms. The topological polar surface area (TPSA) is 37.0 Å². The average molecular weight is 283 g/mol. The summed E-state index contributed by atoms with van der Waals surface area (Å²) in [5.74, 6) is 1.01. The number of para-hydroxylation sites is 1. The number of hydrogen-bond donors (Lipinski definition) is 2. The lowest BCUT2D eigenvalue weighted by atomic mass is 9.77. The first kappa shape index (κ1) is 14.3. The molecule has 1 aliphatic rings. The quantitative estimate of drug-likeness (QED) is 0.901. The van der Waals surface area contributed by atoms with Crippen LogP contribution in [-0.4, -0.2) is 24.1 Å². The molecule has 2 heterocycles. The summed E-state index contributed by atoms with van der Waals surface area (Å²) in [7, 11) is 0. The zero-order valence-electron chi connectivity index (χ0n) is 13.2.